The molecule has 0 aromatic heterocycles. The van der Waals surface area contributed by atoms with E-state index < -0.39 is 0 Å². The summed E-state index contributed by atoms with van der Waals surface area (Å²) in [5, 5.41) is 2.89. The highest BCUT2D eigenvalue weighted by Crippen LogP contribution is 2.57. The van der Waals surface area contributed by atoms with Gasteiger partial charge in [0.15, 0.2) is 0 Å². The molecule has 0 saturated heterocycles. The molecule has 0 atom stereocenters. The van der Waals surface area contributed by atoms with Crippen molar-refractivity contribution in [2.75, 3.05) is 0 Å². The second-order valence-electron chi connectivity index (χ2n) is 16.0. The Labute approximate surface area is 367 Å². The molecule has 0 nitrogen and oxygen atoms in total. The van der Waals surface area contributed by atoms with Gasteiger partial charge < -0.3 is 0 Å². The van der Waals surface area contributed by atoms with E-state index >= 15 is 4.39 Å². The smallest absolute Gasteiger partial charge is 0.140 e. The van der Waals surface area contributed by atoms with Gasteiger partial charge in [-0.25, -0.2) is 4.39 Å². The van der Waals surface area contributed by atoms with E-state index in [1.807, 2.05) is 24.3 Å². The maximum Gasteiger partial charge on any atom is 0.140 e. The molecule has 0 bridgehead atoms. The van der Waals surface area contributed by atoms with Gasteiger partial charge in [-0.3, -0.25) is 0 Å². The number of rotatable bonds is 8. The molecule has 11 aromatic rings. The Morgan fingerprint density at radius 2 is 0.365 bits per heavy atom. The number of fused-ring (bicyclic) bond motifs is 2. The zero-order valence-electron chi connectivity index (χ0n) is 34.5. The van der Waals surface area contributed by atoms with Gasteiger partial charge in [0.2, 0.25) is 0 Å². The van der Waals surface area contributed by atoms with Crippen LogP contribution in [-0.2, 0) is 0 Å². The predicted octanol–water partition coefficient (Wildman–Crippen LogP) is 17.5. The molecule has 0 aliphatic heterocycles. The monoisotopic (exact) mass is 804 g/mol. The predicted molar refractivity (Wildman–Crippen MR) is 265 cm³/mol. The second kappa shape index (κ2) is 16.4. The fourth-order valence-electron chi connectivity index (χ4n) is 9.72. The summed E-state index contributed by atoms with van der Waals surface area (Å²) < 4.78 is 19.8. The zero-order chi connectivity index (χ0) is 42.1. The van der Waals surface area contributed by atoms with Crippen LogP contribution >= 0.6 is 0 Å². The topological polar surface area (TPSA) is 0 Å². The number of hydrogen-bond donors (Lipinski definition) is 0. The van der Waals surface area contributed by atoms with Crippen LogP contribution in [0.5, 0.6) is 0 Å². The van der Waals surface area contributed by atoms with Crippen molar-refractivity contribution in [1.82, 2.24) is 0 Å². The Kier molecular flexibility index (Phi) is 9.84. The van der Waals surface area contributed by atoms with Gasteiger partial charge in [0, 0.05) is 21.9 Å². The Balaban J connectivity index is 1.50. The van der Waals surface area contributed by atoms with Crippen molar-refractivity contribution in [2.24, 2.45) is 0 Å². The molecule has 296 valence electrons. The Morgan fingerprint density at radius 3 is 0.587 bits per heavy atom. The Morgan fingerprint density at radius 1 is 0.190 bits per heavy atom. The molecule has 0 amide bonds. The number of hydrogen-bond acceptors (Lipinski definition) is 0. The van der Waals surface area contributed by atoms with Crippen molar-refractivity contribution in [3.8, 4) is 89.0 Å². The summed E-state index contributed by atoms with van der Waals surface area (Å²) in [4.78, 5) is 0. The summed E-state index contributed by atoms with van der Waals surface area (Å²) in [5.41, 5.74) is 15.9. The van der Waals surface area contributed by atoms with Gasteiger partial charge >= 0.3 is 0 Å². The van der Waals surface area contributed by atoms with E-state index in [2.05, 4.69) is 224 Å². The lowest BCUT2D eigenvalue weighted by atomic mass is 9.75. The minimum atomic E-state index is -0.247. The Bertz CT molecular complexity index is 3140. The van der Waals surface area contributed by atoms with E-state index in [1.54, 1.807) is 0 Å². The van der Waals surface area contributed by atoms with Crippen LogP contribution < -0.4 is 0 Å². The van der Waals surface area contributed by atoms with Gasteiger partial charge in [-0.2, -0.15) is 0 Å². The summed E-state index contributed by atoms with van der Waals surface area (Å²) in [6, 6.07) is 86.6. The first-order valence-electron chi connectivity index (χ1n) is 21.6. The molecule has 11 aromatic carbocycles. The van der Waals surface area contributed by atoms with Crippen molar-refractivity contribution >= 4 is 21.5 Å². The van der Waals surface area contributed by atoms with Gasteiger partial charge in [0.1, 0.15) is 5.82 Å². The summed E-state index contributed by atoms with van der Waals surface area (Å²) in [5.74, 6) is -0.247. The van der Waals surface area contributed by atoms with E-state index in [0.29, 0.717) is 10.8 Å². The average molecular weight is 805 g/mol. The molecule has 11 rings (SSSR count). The lowest BCUT2D eigenvalue weighted by molar-refractivity contribution is 0.652. The normalized spacial score (nSPS) is 11.3. The van der Waals surface area contributed by atoms with Crippen LogP contribution in [0, 0.1) is 5.82 Å². The molecule has 0 aliphatic rings. The van der Waals surface area contributed by atoms with Crippen LogP contribution in [0.4, 0.5) is 4.39 Å². The molecule has 63 heavy (non-hydrogen) atoms. The Hall–Kier alpha value is -8.13. The molecule has 0 unspecified atom stereocenters. The van der Waals surface area contributed by atoms with Crippen molar-refractivity contribution < 1.29 is 4.39 Å². The van der Waals surface area contributed by atoms with Crippen molar-refractivity contribution in [3.63, 3.8) is 0 Å². The summed E-state index contributed by atoms with van der Waals surface area (Å²) in [7, 11) is 0. The maximum atomic E-state index is 19.8. The van der Waals surface area contributed by atoms with E-state index in [-0.39, 0.29) is 5.82 Å². The molecular weight excluding hydrogens is 764 g/mol. The highest BCUT2D eigenvalue weighted by atomic mass is 19.1. The van der Waals surface area contributed by atoms with E-state index in [1.165, 1.54) is 0 Å². The second-order valence-corrected chi connectivity index (χ2v) is 16.0. The average Bonchev–Trinajstić information content (AvgIpc) is 3.37. The van der Waals surface area contributed by atoms with Gasteiger partial charge in [0.25, 0.3) is 0 Å². The molecule has 0 aliphatic carbocycles. The molecule has 0 spiro atoms. The third-order valence-electron chi connectivity index (χ3n) is 12.3. The minimum absolute atomic E-state index is 0.247. The maximum absolute atomic E-state index is 19.8. The SMILES string of the molecule is Fc1c2c(-c3ccccc3)c(-c3ccccc3)c(-c3ccccc3)c(-c3ccccc3)c2cc2c(-c3ccccc3)c(-c3ccccc3)c(-c3ccccc3)c(-c3ccccc3)c12. The van der Waals surface area contributed by atoms with E-state index in [4.69, 9.17) is 0 Å². The standard InChI is InChI=1S/C62H41F/c63-62-60-50(52(42-25-9-1-10-26-42)54(44-29-13-3-14-30-44)56(46-33-17-5-18-34-46)58(60)48-37-21-7-22-38-48)41-51-53(43-27-11-2-12-28-43)55(45-31-15-4-16-32-45)57(47-35-19-6-20-36-47)59(61(51)62)49-39-23-8-24-40-49/h1-41H. The van der Waals surface area contributed by atoms with Crippen LogP contribution in [0.25, 0.3) is 111 Å². The van der Waals surface area contributed by atoms with Crippen LogP contribution in [0.15, 0.2) is 249 Å². The van der Waals surface area contributed by atoms with Crippen molar-refractivity contribution in [1.29, 1.82) is 0 Å². The van der Waals surface area contributed by atoms with Crippen LogP contribution in [0.1, 0.15) is 0 Å². The first-order valence-corrected chi connectivity index (χ1v) is 21.6. The van der Waals surface area contributed by atoms with Gasteiger partial charge in [0.05, 0.1) is 0 Å². The summed E-state index contributed by atoms with van der Waals surface area (Å²) >= 11 is 0. The molecule has 0 heterocycles. The molecule has 0 radical (unpaired) electrons. The van der Waals surface area contributed by atoms with Crippen molar-refractivity contribution in [2.45, 2.75) is 0 Å². The van der Waals surface area contributed by atoms with Crippen LogP contribution in [0.2, 0.25) is 0 Å². The lowest BCUT2D eigenvalue weighted by Crippen LogP contribution is -2.03. The van der Waals surface area contributed by atoms with Crippen LogP contribution in [0.3, 0.4) is 0 Å². The molecule has 0 fully saturated rings. The highest BCUT2D eigenvalue weighted by molar-refractivity contribution is 6.26. The summed E-state index contributed by atoms with van der Waals surface area (Å²) in [6.45, 7) is 0. The number of halogens is 1. The fraction of sp³-hybridized carbons (Fsp3) is 0. The number of benzene rings is 11. The first-order chi connectivity index (χ1) is 31.3. The van der Waals surface area contributed by atoms with E-state index in [9.17, 15) is 0 Å². The van der Waals surface area contributed by atoms with Gasteiger partial charge in [-0.1, -0.05) is 243 Å². The van der Waals surface area contributed by atoms with Gasteiger partial charge in [-0.15, -0.1) is 0 Å². The van der Waals surface area contributed by atoms with Crippen LogP contribution in [-0.4, -0.2) is 0 Å². The van der Waals surface area contributed by atoms with E-state index in [0.717, 1.165) is 99.8 Å². The lowest BCUT2D eigenvalue weighted by Gasteiger charge is -2.28. The van der Waals surface area contributed by atoms with Crippen molar-refractivity contribution in [3.05, 3.63) is 255 Å². The fourth-order valence-corrected chi connectivity index (χ4v) is 9.72. The molecular formula is C62H41F. The molecule has 1 heteroatoms. The quantitative estimate of drug-likeness (QED) is 0.134. The minimum Gasteiger partial charge on any atom is -0.206 e. The summed E-state index contributed by atoms with van der Waals surface area (Å²) in [6.07, 6.45) is 0. The third-order valence-corrected chi connectivity index (χ3v) is 12.3. The third kappa shape index (κ3) is 6.63. The highest BCUT2D eigenvalue weighted by Gasteiger charge is 2.31. The largest absolute Gasteiger partial charge is 0.206 e. The zero-order valence-corrected chi connectivity index (χ0v) is 34.5. The van der Waals surface area contributed by atoms with Gasteiger partial charge in [-0.05, 0) is 94.7 Å². The first kappa shape index (κ1) is 37.8. The molecule has 0 N–H and O–H groups in total. The molecule has 0 saturated carbocycles.